The Hall–Kier alpha value is -1.32. The van der Waals surface area contributed by atoms with Gasteiger partial charge in [0.1, 0.15) is 0 Å². The summed E-state index contributed by atoms with van der Waals surface area (Å²) in [7, 11) is 0. The maximum absolute atomic E-state index is 12.2. The summed E-state index contributed by atoms with van der Waals surface area (Å²) in [6, 6.07) is 0. The zero-order chi connectivity index (χ0) is 12.3. The van der Waals surface area contributed by atoms with Gasteiger partial charge in [-0.1, -0.05) is 20.8 Å². The van der Waals surface area contributed by atoms with Crippen LogP contribution >= 0.6 is 0 Å². The lowest BCUT2D eigenvalue weighted by Crippen LogP contribution is -2.32. The van der Waals surface area contributed by atoms with E-state index in [1.807, 2.05) is 20.8 Å². The van der Waals surface area contributed by atoms with E-state index in [9.17, 15) is 14.7 Å². The first kappa shape index (κ1) is 11.2. The number of allylic oxidation sites excluding steroid dienone is 1. The highest BCUT2D eigenvalue weighted by molar-refractivity contribution is 6.09. The predicted octanol–water partition coefficient (Wildman–Crippen LogP) is 1.91. The Morgan fingerprint density at radius 2 is 1.88 bits per heavy atom. The quantitative estimate of drug-likeness (QED) is 0.527. The van der Waals surface area contributed by atoms with Gasteiger partial charge in [0.2, 0.25) is 5.76 Å². The molecule has 2 rings (SSSR count). The Balaban J connectivity index is 2.61. The molecule has 16 heavy (non-hydrogen) atoms. The van der Waals surface area contributed by atoms with Gasteiger partial charge in [0.15, 0.2) is 5.78 Å². The van der Waals surface area contributed by atoms with Crippen molar-refractivity contribution < 1.29 is 19.8 Å². The zero-order valence-corrected chi connectivity index (χ0v) is 9.70. The number of carboxylic acid groups (broad SMARTS) is 1. The molecule has 2 saturated carbocycles. The van der Waals surface area contributed by atoms with Crippen LogP contribution in [0.25, 0.3) is 0 Å². The zero-order valence-electron chi connectivity index (χ0n) is 9.70. The molecular formula is C12H16O4. The molecular weight excluding hydrogens is 208 g/mol. The van der Waals surface area contributed by atoms with Crippen molar-refractivity contribution in [2.75, 3.05) is 0 Å². The van der Waals surface area contributed by atoms with E-state index in [-0.39, 0.29) is 22.7 Å². The largest absolute Gasteiger partial charge is 0.502 e. The second-order valence-electron chi connectivity index (χ2n) is 5.54. The molecule has 0 amide bonds. The third kappa shape index (κ3) is 0.996. The van der Waals surface area contributed by atoms with Crippen LogP contribution in [0.2, 0.25) is 0 Å². The fraction of sp³-hybridized carbons (Fsp3) is 0.667. The average molecular weight is 224 g/mol. The highest BCUT2D eigenvalue weighted by Gasteiger charge is 2.65. The molecule has 2 aliphatic rings. The van der Waals surface area contributed by atoms with Gasteiger partial charge in [0, 0.05) is 11.0 Å². The Kier molecular flexibility index (Phi) is 2.00. The van der Waals surface area contributed by atoms with Gasteiger partial charge in [-0.2, -0.15) is 0 Å². The molecule has 0 aromatic carbocycles. The number of aliphatic hydroxyl groups excluding tert-OH is 1. The fourth-order valence-corrected chi connectivity index (χ4v) is 3.26. The monoisotopic (exact) mass is 224 g/mol. The van der Waals surface area contributed by atoms with E-state index < -0.39 is 17.1 Å². The number of ketones is 1. The van der Waals surface area contributed by atoms with Crippen LogP contribution in [0.5, 0.6) is 0 Å². The smallest absolute Gasteiger partial charge is 0.371 e. The van der Waals surface area contributed by atoms with Crippen molar-refractivity contribution in [1.82, 2.24) is 0 Å². The molecule has 0 aliphatic heterocycles. The van der Waals surface area contributed by atoms with Crippen molar-refractivity contribution in [3.8, 4) is 0 Å². The van der Waals surface area contributed by atoms with Crippen LogP contribution in [0.3, 0.4) is 0 Å². The Labute approximate surface area is 94.0 Å². The molecule has 0 saturated heterocycles. The summed E-state index contributed by atoms with van der Waals surface area (Å²) in [6.07, 6.45) is 1.56. The number of hydrogen-bond donors (Lipinski definition) is 2. The van der Waals surface area contributed by atoms with E-state index in [4.69, 9.17) is 5.11 Å². The first-order valence-corrected chi connectivity index (χ1v) is 5.44. The topological polar surface area (TPSA) is 74.6 Å². The molecule has 0 unspecified atom stereocenters. The van der Waals surface area contributed by atoms with Crippen molar-refractivity contribution >= 4 is 11.8 Å². The van der Waals surface area contributed by atoms with Gasteiger partial charge in [-0.25, -0.2) is 4.79 Å². The summed E-state index contributed by atoms with van der Waals surface area (Å²) >= 11 is 0. The van der Waals surface area contributed by atoms with Crippen molar-refractivity contribution in [3.05, 3.63) is 11.3 Å². The van der Waals surface area contributed by atoms with Gasteiger partial charge < -0.3 is 10.2 Å². The molecule has 2 fully saturated rings. The second-order valence-corrected chi connectivity index (χ2v) is 5.54. The average Bonchev–Trinajstić information content (AvgIpc) is 2.48. The van der Waals surface area contributed by atoms with Crippen LogP contribution in [0.1, 0.15) is 33.6 Å². The van der Waals surface area contributed by atoms with Crippen LogP contribution in [-0.4, -0.2) is 22.0 Å². The molecule has 0 aromatic heterocycles. The molecule has 2 bridgehead atoms. The first-order chi connectivity index (χ1) is 7.23. The number of hydrogen-bond acceptors (Lipinski definition) is 3. The van der Waals surface area contributed by atoms with Gasteiger partial charge in [0.25, 0.3) is 0 Å². The summed E-state index contributed by atoms with van der Waals surface area (Å²) in [6.45, 7) is 5.83. The van der Waals surface area contributed by atoms with Crippen molar-refractivity contribution in [1.29, 1.82) is 0 Å². The molecule has 2 aliphatic carbocycles. The Morgan fingerprint density at radius 1 is 1.31 bits per heavy atom. The molecule has 0 heterocycles. The van der Waals surface area contributed by atoms with Crippen LogP contribution in [0.15, 0.2) is 11.3 Å². The van der Waals surface area contributed by atoms with Crippen LogP contribution in [0.4, 0.5) is 0 Å². The summed E-state index contributed by atoms with van der Waals surface area (Å²) in [5, 5.41) is 18.3. The number of carbonyl (C=O) groups is 2. The van der Waals surface area contributed by atoms with Crippen molar-refractivity contribution in [3.63, 3.8) is 0 Å². The number of fused-ring (bicyclic) bond motifs is 2. The predicted molar refractivity (Wildman–Crippen MR) is 56.9 cm³/mol. The van der Waals surface area contributed by atoms with Gasteiger partial charge in [-0.05, 0) is 24.2 Å². The van der Waals surface area contributed by atoms with Gasteiger partial charge in [-0.3, -0.25) is 4.79 Å². The van der Waals surface area contributed by atoms with Crippen molar-refractivity contribution in [2.24, 2.45) is 16.7 Å². The maximum Gasteiger partial charge on any atom is 0.371 e. The SMILES string of the molecule is CC1(C)[C@@H]2CC[C@]1(C)C(=O)C2=C(O)C(=O)O. The lowest BCUT2D eigenvalue weighted by molar-refractivity contribution is -0.136. The van der Waals surface area contributed by atoms with E-state index in [0.717, 1.165) is 12.8 Å². The maximum atomic E-state index is 12.2. The molecule has 0 spiro atoms. The minimum atomic E-state index is -1.41. The van der Waals surface area contributed by atoms with E-state index in [0.29, 0.717) is 0 Å². The molecule has 2 N–H and O–H groups in total. The molecule has 4 heteroatoms. The molecule has 2 atom stereocenters. The van der Waals surface area contributed by atoms with Gasteiger partial charge >= 0.3 is 5.97 Å². The summed E-state index contributed by atoms with van der Waals surface area (Å²) in [5.41, 5.74) is -0.648. The summed E-state index contributed by atoms with van der Waals surface area (Å²) in [5.74, 6) is -2.48. The van der Waals surface area contributed by atoms with Gasteiger partial charge in [-0.15, -0.1) is 0 Å². The van der Waals surface area contributed by atoms with Crippen LogP contribution in [0, 0.1) is 16.7 Å². The van der Waals surface area contributed by atoms with Crippen molar-refractivity contribution in [2.45, 2.75) is 33.6 Å². The normalized spacial score (nSPS) is 38.9. The van der Waals surface area contributed by atoms with Gasteiger partial charge in [0.05, 0.1) is 0 Å². The molecule has 0 aromatic rings. The number of Topliss-reactive ketones (excluding diaryl/α,β-unsaturated/α-hetero) is 1. The summed E-state index contributed by atoms with van der Waals surface area (Å²) in [4.78, 5) is 22.9. The molecule has 88 valence electrons. The fourth-order valence-electron chi connectivity index (χ4n) is 3.26. The highest BCUT2D eigenvalue weighted by atomic mass is 16.4. The summed E-state index contributed by atoms with van der Waals surface area (Å²) < 4.78 is 0. The Bertz CT molecular complexity index is 419. The number of aliphatic hydroxyl groups is 1. The standard InChI is InChI=1S/C12H16O4/c1-11(2)6-4-5-12(11,3)9(14)7(6)8(13)10(15)16/h6,13H,4-5H2,1-3H3,(H,15,16)/t6-,12-/m1/s1. The highest BCUT2D eigenvalue weighted by Crippen LogP contribution is 2.65. The number of aliphatic carboxylic acids is 1. The second kappa shape index (κ2) is 2.87. The van der Waals surface area contributed by atoms with E-state index in [1.54, 1.807) is 0 Å². The number of carboxylic acids is 1. The van der Waals surface area contributed by atoms with E-state index in [1.165, 1.54) is 0 Å². The Morgan fingerprint density at radius 3 is 2.25 bits per heavy atom. The molecule has 0 radical (unpaired) electrons. The lowest BCUT2D eigenvalue weighted by atomic mass is 9.70. The molecule has 4 nitrogen and oxygen atoms in total. The minimum Gasteiger partial charge on any atom is -0.502 e. The van der Waals surface area contributed by atoms with E-state index in [2.05, 4.69) is 0 Å². The van der Waals surface area contributed by atoms with Crippen LogP contribution in [-0.2, 0) is 9.59 Å². The first-order valence-electron chi connectivity index (χ1n) is 5.44. The van der Waals surface area contributed by atoms with Crippen LogP contribution < -0.4 is 0 Å². The number of carbonyl (C=O) groups excluding carboxylic acids is 1. The lowest BCUT2D eigenvalue weighted by Gasteiger charge is -2.31. The third-order valence-electron chi connectivity index (χ3n) is 4.78. The van der Waals surface area contributed by atoms with E-state index >= 15 is 0 Å². The minimum absolute atomic E-state index is 0.124. The third-order valence-corrected chi connectivity index (χ3v) is 4.78. The number of rotatable bonds is 1.